The molecule has 1 heterocycles. The van der Waals surface area contributed by atoms with Gasteiger partial charge in [-0.1, -0.05) is 12.1 Å². The van der Waals surface area contributed by atoms with Gasteiger partial charge in [-0.2, -0.15) is 0 Å². The first-order valence-electron chi connectivity index (χ1n) is 7.05. The molecule has 3 heteroatoms. The lowest BCUT2D eigenvalue weighted by Gasteiger charge is -2.19. The highest BCUT2D eigenvalue weighted by atomic mass is 32.1. The van der Waals surface area contributed by atoms with Crippen LogP contribution >= 0.6 is 11.3 Å². The minimum Gasteiger partial charge on any atom is -0.496 e. The third kappa shape index (κ3) is 2.88. The van der Waals surface area contributed by atoms with E-state index < -0.39 is 0 Å². The maximum atomic E-state index is 5.50. The number of benzene rings is 2. The van der Waals surface area contributed by atoms with Crippen LogP contribution in [0.25, 0.3) is 10.1 Å². The van der Waals surface area contributed by atoms with E-state index in [1.54, 1.807) is 18.4 Å². The van der Waals surface area contributed by atoms with E-state index >= 15 is 0 Å². The highest BCUT2D eigenvalue weighted by molar-refractivity contribution is 7.17. The summed E-state index contributed by atoms with van der Waals surface area (Å²) in [5, 5.41) is 6.97. The van der Waals surface area contributed by atoms with Crippen molar-refractivity contribution < 1.29 is 4.74 Å². The number of hydrogen-bond acceptors (Lipinski definition) is 3. The van der Waals surface area contributed by atoms with Gasteiger partial charge in [-0.15, -0.1) is 11.3 Å². The van der Waals surface area contributed by atoms with Crippen molar-refractivity contribution in [1.29, 1.82) is 0 Å². The Balaban J connectivity index is 1.86. The Kier molecular flexibility index (Phi) is 3.84. The molecular formula is C18H19NOS. The van der Waals surface area contributed by atoms with Gasteiger partial charge in [0.25, 0.3) is 0 Å². The fourth-order valence-electron chi connectivity index (χ4n) is 2.56. The summed E-state index contributed by atoms with van der Waals surface area (Å²) in [6, 6.07) is 15.2. The van der Waals surface area contributed by atoms with E-state index in [4.69, 9.17) is 4.74 Å². The highest BCUT2D eigenvalue weighted by Crippen LogP contribution is 2.30. The third-order valence-electron chi connectivity index (χ3n) is 3.69. The van der Waals surface area contributed by atoms with Gasteiger partial charge in [0.15, 0.2) is 0 Å². The second-order valence-corrected chi connectivity index (χ2v) is 6.23. The molecule has 0 aliphatic heterocycles. The minimum absolute atomic E-state index is 0.191. The van der Waals surface area contributed by atoms with Crippen molar-refractivity contribution in [2.45, 2.75) is 19.9 Å². The van der Waals surface area contributed by atoms with Gasteiger partial charge >= 0.3 is 0 Å². The Morgan fingerprint density at radius 2 is 1.95 bits per heavy atom. The van der Waals surface area contributed by atoms with E-state index in [2.05, 4.69) is 67.0 Å². The van der Waals surface area contributed by atoms with Gasteiger partial charge < -0.3 is 10.1 Å². The van der Waals surface area contributed by atoms with Gasteiger partial charge in [0.1, 0.15) is 5.75 Å². The van der Waals surface area contributed by atoms with Gasteiger partial charge in [0.2, 0.25) is 0 Å². The average molecular weight is 297 g/mol. The van der Waals surface area contributed by atoms with E-state index in [0.717, 1.165) is 11.4 Å². The first-order chi connectivity index (χ1) is 10.2. The monoisotopic (exact) mass is 297 g/mol. The van der Waals surface area contributed by atoms with Crippen molar-refractivity contribution >= 4 is 27.1 Å². The van der Waals surface area contributed by atoms with Gasteiger partial charge in [-0.25, -0.2) is 0 Å². The molecule has 0 radical (unpaired) electrons. The molecule has 3 rings (SSSR count). The van der Waals surface area contributed by atoms with E-state index in [0.29, 0.717) is 0 Å². The summed E-state index contributed by atoms with van der Waals surface area (Å²) in [4.78, 5) is 0. The first kappa shape index (κ1) is 14.0. The van der Waals surface area contributed by atoms with E-state index in [9.17, 15) is 0 Å². The van der Waals surface area contributed by atoms with Crippen LogP contribution in [0.5, 0.6) is 5.75 Å². The number of thiophene rings is 1. The molecule has 3 aromatic rings. The largest absolute Gasteiger partial charge is 0.496 e. The molecule has 1 aromatic heterocycles. The first-order valence-corrected chi connectivity index (χ1v) is 7.93. The predicted octanol–water partition coefficient (Wildman–Crippen LogP) is 5.39. The van der Waals surface area contributed by atoms with Crippen molar-refractivity contribution in [1.82, 2.24) is 0 Å². The average Bonchev–Trinajstić information content (AvgIpc) is 2.94. The lowest BCUT2D eigenvalue weighted by atomic mass is 10.0. The standard InChI is InChI=1S/C18H19NOS/c1-12-4-6-16(17(10-12)20-3)13(2)19-15-5-7-18-14(11-15)8-9-21-18/h4-11,13,19H,1-3H3. The number of methoxy groups -OCH3 is 1. The second kappa shape index (κ2) is 5.78. The third-order valence-corrected chi connectivity index (χ3v) is 4.59. The quantitative estimate of drug-likeness (QED) is 0.697. The van der Waals surface area contributed by atoms with Crippen molar-refractivity contribution in [2.75, 3.05) is 12.4 Å². The number of fused-ring (bicyclic) bond motifs is 1. The highest BCUT2D eigenvalue weighted by Gasteiger charge is 2.11. The number of ether oxygens (including phenoxy) is 1. The topological polar surface area (TPSA) is 21.3 Å². The summed E-state index contributed by atoms with van der Waals surface area (Å²) in [5.74, 6) is 0.937. The Hall–Kier alpha value is -2.00. The fraction of sp³-hybridized carbons (Fsp3) is 0.222. The van der Waals surface area contributed by atoms with Crippen LogP contribution in [0, 0.1) is 6.92 Å². The number of rotatable bonds is 4. The summed E-state index contributed by atoms with van der Waals surface area (Å²) < 4.78 is 6.82. The van der Waals surface area contributed by atoms with Gasteiger partial charge in [-0.3, -0.25) is 0 Å². The van der Waals surface area contributed by atoms with Crippen molar-refractivity contribution in [3.8, 4) is 5.75 Å². The van der Waals surface area contributed by atoms with Crippen LogP contribution in [0.3, 0.4) is 0 Å². The predicted molar refractivity (Wildman–Crippen MR) is 91.6 cm³/mol. The molecule has 0 saturated heterocycles. The van der Waals surface area contributed by atoms with E-state index in [1.165, 1.54) is 21.2 Å². The molecular weight excluding hydrogens is 278 g/mol. The Labute approximate surface area is 129 Å². The van der Waals surface area contributed by atoms with Crippen molar-refractivity contribution in [2.24, 2.45) is 0 Å². The molecule has 0 bridgehead atoms. The molecule has 0 aliphatic rings. The Bertz CT molecular complexity index is 763. The number of anilines is 1. The van der Waals surface area contributed by atoms with E-state index in [1.807, 2.05) is 0 Å². The maximum absolute atomic E-state index is 5.50. The van der Waals surface area contributed by atoms with Gasteiger partial charge in [0, 0.05) is 16.0 Å². The fourth-order valence-corrected chi connectivity index (χ4v) is 3.33. The van der Waals surface area contributed by atoms with Crippen LogP contribution in [-0.4, -0.2) is 7.11 Å². The molecule has 2 aromatic carbocycles. The van der Waals surface area contributed by atoms with Gasteiger partial charge in [-0.05, 0) is 60.5 Å². The number of hydrogen-bond donors (Lipinski definition) is 1. The van der Waals surface area contributed by atoms with Crippen LogP contribution in [0.4, 0.5) is 5.69 Å². The second-order valence-electron chi connectivity index (χ2n) is 5.28. The van der Waals surface area contributed by atoms with Crippen molar-refractivity contribution in [3.63, 3.8) is 0 Å². The molecule has 108 valence electrons. The molecule has 2 nitrogen and oxygen atoms in total. The minimum atomic E-state index is 0.191. The Morgan fingerprint density at radius 3 is 2.76 bits per heavy atom. The molecule has 1 atom stereocenters. The summed E-state index contributed by atoms with van der Waals surface area (Å²) in [7, 11) is 1.72. The zero-order valence-electron chi connectivity index (χ0n) is 12.5. The molecule has 0 aliphatic carbocycles. The Morgan fingerprint density at radius 1 is 1.10 bits per heavy atom. The summed E-state index contributed by atoms with van der Waals surface area (Å²) >= 11 is 1.77. The zero-order chi connectivity index (χ0) is 14.8. The molecule has 0 amide bonds. The maximum Gasteiger partial charge on any atom is 0.124 e. The van der Waals surface area contributed by atoms with Crippen LogP contribution in [0.2, 0.25) is 0 Å². The smallest absolute Gasteiger partial charge is 0.124 e. The SMILES string of the molecule is COc1cc(C)ccc1C(C)Nc1ccc2sccc2c1. The summed E-state index contributed by atoms with van der Waals surface area (Å²) in [5.41, 5.74) is 3.52. The van der Waals surface area contributed by atoms with Crippen LogP contribution in [0.1, 0.15) is 24.1 Å². The lowest BCUT2D eigenvalue weighted by Crippen LogP contribution is -2.08. The number of nitrogens with one attached hydrogen (secondary N) is 1. The summed E-state index contributed by atoms with van der Waals surface area (Å²) in [6.07, 6.45) is 0. The molecule has 0 saturated carbocycles. The summed E-state index contributed by atoms with van der Waals surface area (Å²) in [6.45, 7) is 4.24. The lowest BCUT2D eigenvalue weighted by molar-refractivity contribution is 0.407. The van der Waals surface area contributed by atoms with Gasteiger partial charge in [0.05, 0.1) is 13.2 Å². The zero-order valence-corrected chi connectivity index (χ0v) is 13.3. The van der Waals surface area contributed by atoms with Crippen LogP contribution in [0.15, 0.2) is 47.8 Å². The normalized spacial score (nSPS) is 12.3. The number of aryl methyl sites for hydroxylation is 1. The van der Waals surface area contributed by atoms with E-state index in [-0.39, 0.29) is 6.04 Å². The molecule has 0 fully saturated rings. The van der Waals surface area contributed by atoms with Crippen LogP contribution < -0.4 is 10.1 Å². The molecule has 21 heavy (non-hydrogen) atoms. The van der Waals surface area contributed by atoms with Crippen molar-refractivity contribution in [3.05, 3.63) is 59.0 Å². The van der Waals surface area contributed by atoms with Crippen LogP contribution in [-0.2, 0) is 0 Å². The molecule has 1 unspecified atom stereocenters. The molecule has 1 N–H and O–H groups in total. The molecule has 0 spiro atoms.